The molecule has 0 fully saturated rings. The van der Waals surface area contributed by atoms with Crippen LogP contribution in [-0.2, 0) is 22.5 Å². The van der Waals surface area contributed by atoms with Crippen LogP contribution >= 0.6 is 37.0 Å². The van der Waals surface area contributed by atoms with Gasteiger partial charge in [-0.05, 0) is 76.9 Å². The summed E-state index contributed by atoms with van der Waals surface area (Å²) in [6.45, 7) is 2.30. The number of rotatable bonds is 6. The van der Waals surface area contributed by atoms with Crippen LogP contribution in [0.5, 0.6) is 0 Å². The number of carbonyl (C=O) groups excluding carboxylic acids is 2. The molecule has 4 aromatic rings. The Morgan fingerprint density at radius 1 is 0.605 bits per heavy atom. The predicted molar refractivity (Wildman–Crippen MR) is 158 cm³/mol. The minimum absolute atomic E-state index is 0.352. The van der Waals surface area contributed by atoms with E-state index in [4.69, 9.17) is 38.5 Å². The third kappa shape index (κ3) is 8.37. The third-order valence-electron chi connectivity index (χ3n) is 5.85. The first-order valence-electron chi connectivity index (χ1n) is 11.7. The summed E-state index contributed by atoms with van der Waals surface area (Å²) >= 11 is -2.21. The number of benzene rings is 4. The third-order valence-corrected chi connectivity index (χ3v) is 8.21. The van der Waals surface area contributed by atoms with Crippen LogP contribution in [0.15, 0.2) is 97.1 Å². The van der Waals surface area contributed by atoms with Crippen molar-refractivity contribution in [2.24, 2.45) is 0 Å². The first-order valence-corrected chi connectivity index (χ1v) is 25.4. The van der Waals surface area contributed by atoms with Crippen LogP contribution in [-0.4, -0.2) is 32.8 Å². The molecule has 0 aromatic heterocycles. The summed E-state index contributed by atoms with van der Waals surface area (Å²) in [5.41, 5.74) is 5.22. The molecule has 1 atom stereocenters. The quantitative estimate of drug-likeness (QED) is 0.125. The van der Waals surface area contributed by atoms with E-state index in [-0.39, 0.29) is 11.9 Å². The Bertz CT molecular complexity index is 1280. The summed E-state index contributed by atoms with van der Waals surface area (Å²) in [5, 5.41) is 2.61. The van der Waals surface area contributed by atoms with Gasteiger partial charge in [-0.2, -0.15) is 0 Å². The monoisotopic (exact) mass is 638 g/mol. The Hall–Kier alpha value is -2.26. The van der Waals surface area contributed by atoms with Crippen LogP contribution < -0.4 is 10.6 Å². The SMILES string of the molecule is COC(=O)c1ccc(-c2cc(-c3ccc(C(=O)OC)cc3)cc([PH+](C)c3ccccc3)c2)cc1.[Cl][Zn-]([Cl])[Cl]. The number of methoxy groups -OCH3 is 2. The van der Waals surface area contributed by atoms with E-state index in [1.165, 1.54) is 24.8 Å². The summed E-state index contributed by atoms with van der Waals surface area (Å²) in [7, 11) is 16.8. The second kappa shape index (κ2) is 14.8. The average Bonchev–Trinajstić information content (AvgIpc) is 2.96. The summed E-state index contributed by atoms with van der Waals surface area (Å²) in [6, 6.07) is 32.1. The molecule has 0 N–H and O–H groups in total. The predicted octanol–water partition coefficient (Wildman–Crippen LogP) is 7.45. The fourth-order valence-electron chi connectivity index (χ4n) is 3.87. The molecule has 0 bridgehead atoms. The molecule has 0 saturated carbocycles. The number of ether oxygens (including phenoxy) is 2. The Kier molecular flexibility index (Phi) is 11.8. The van der Waals surface area contributed by atoms with E-state index in [2.05, 4.69) is 49.1 Å². The number of halogens is 3. The molecule has 4 rings (SSSR count). The van der Waals surface area contributed by atoms with Crippen LogP contribution in [0, 0.1) is 0 Å². The van der Waals surface area contributed by atoms with Crippen molar-refractivity contribution in [2.45, 2.75) is 0 Å². The molecule has 0 amide bonds. The van der Waals surface area contributed by atoms with E-state index in [0.29, 0.717) is 11.1 Å². The Morgan fingerprint density at radius 2 is 1.00 bits per heavy atom. The van der Waals surface area contributed by atoms with Gasteiger partial charge in [0.25, 0.3) is 0 Å². The van der Waals surface area contributed by atoms with Crippen LogP contribution in [0.1, 0.15) is 20.7 Å². The molecule has 1 unspecified atom stereocenters. The van der Waals surface area contributed by atoms with Gasteiger partial charge in [0.05, 0.1) is 50.5 Å². The molecule has 0 heterocycles. The van der Waals surface area contributed by atoms with Gasteiger partial charge in [0.2, 0.25) is 0 Å². The van der Waals surface area contributed by atoms with Crippen molar-refractivity contribution in [3.63, 3.8) is 0 Å². The molecule has 0 aliphatic carbocycles. The molecular formula is C29H26Cl3O4PZn. The van der Waals surface area contributed by atoms with Gasteiger partial charge in [-0.25, -0.2) is 9.59 Å². The summed E-state index contributed by atoms with van der Waals surface area (Å²) in [4.78, 5) is 23.7. The summed E-state index contributed by atoms with van der Waals surface area (Å²) in [5.74, 6) is -0.704. The second-order valence-corrected chi connectivity index (χ2v) is 24.5. The second-order valence-electron chi connectivity index (χ2n) is 8.23. The zero-order valence-electron chi connectivity index (χ0n) is 21.2. The normalized spacial score (nSPS) is 11.0. The van der Waals surface area contributed by atoms with Gasteiger partial charge in [-0.3, -0.25) is 0 Å². The molecular weight excluding hydrogens is 615 g/mol. The minimum atomic E-state index is -2.21. The average molecular weight is 641 g/mol. The van der Waals surface area contributed by atoms with Crippen molar-refractivity contribution in [1.29, 1.82) is 0 Å². The van der Waals surface area contributed by atoms with Crippen molar-refractivity contribution in [1.82, 2.24) is 0 Å². The zero-order chi connectivity index (χ0) is 27.7. The first-order chi connectivity index (χ1) is 18.2. The number of carbonyl (C=O) groups is 2. The van der Waals surface area contributed by atoms with E-state index in [1.807, 2.05) is 30.3 Å². The van der Waals surface area contributed by atoms with E-state index < -0.39 is 20.9 Å². The maximum absolute atomic E-state index is 11.8. The van der Waals surface area contributed by atoms with Crippen molar-refractivity contribution in [3.8, 4) is 22.3 Å². The number of esters is 2. The van der Waals surface area contributed by atoms with E-state index in [1.54, 1.807) is 24.3 Å². The Balaban J connectivity index is 0.000000934. The Morgan fingerprint density at radius 3 is 1.37 bits per heavy atom. The molecule has 38 heavy (non-hydrogen) atoms. The molecule has 4 nitrogen and oxygen atoms in total. The van der Waals surface area contributed by atoms with Crippen molar-refractivity contribution in [3.05, 3.63) is 108 Å². The summed E-state index contributed by atoms with van der Waals surface area (Å²) < 4.78 is 9.65. The van der Waals surface area contributed by atoms with Gasteiger partial charge in [-0.15, -0.1) is 0 Å². The van der Waals surface area contributed by atoms with Gasteiger partial charge in [0.1, 0.15) is 0 Å². The zero-order valence-corrected chi connectivity index (χ0v) is 27.4. The molecule has 0 spiro atoms. The van der Waals surface area contributed by atoms with Gasteiger partial charge in [0, 0.05) is 0 Å². The van der Waals surface area contributed by atoms with Crippen LogP contribution in [0.4, 0.5) is 0 Å². The van der Waals surface area contributed by atoms with E-state index in [0.717, 1.165) is 22.3 Å². The first kappa shape index (κ1) is 30.3. The standard InChI is InChI=1S/C29H25O4P.3ClH.Zn/c1-32-28(30)22-13-9-20(10-14-22)24-17-25(21-11-15-23(16-12-21)29(31)33-2)19-27(18-24)34(3)26-7-5-4-6-8-26;;;;/h4-19H,1-3H3;3*1H;/q;;;;+2/p-2. The van der Waals surface area contributed by atoms with Crippen molar-refractivity contribution < 1.29 is 32.0 Å². The topological polar surface area (TPSA) is 52.6 Å². The molecule has 0 aliphatic heterocycles. The van der Waals surface area contributed by atoms with Gasteiger partial charge < -0.3 is 9.47 Å². The maximum atomic E-state index is 11.8. The fourth-order valence-corrected chi connectivity index (χ4v) is 5.64. The van der Waals surface area contributed by atoms with Gasteiger partial charge >= 0.3 is 54.0 Å². The molecule has 9 heteroatoms. The van der Waals surface area contributed by atoms with E-state index in [9.17, 15) is 9.59 Å². The summed E-state index contributed by atoms with van der Waals surface area (Å²) in [6.07, 6.45) is 0. The molecule has 0 saturated heterocycles. The van der Waals surface area contributed by atoms with Crippen molar-refractivity contribution >= 4 is 59.5 Å². The molecule has 4 aromatic carbocycles. The fraction of sp³-hybridized carbons (Fsp3) is 0.103. The van der Waals surface area contributed by atoms with Crippen molar-refractivity contribution in [2.75, 3.05) is 20.9 Å². The van der Waals surface area contributed by atoms with Gasteiger partial charge in [0.15, 0.2) is 0 Å². The molecule has 0 aliphatic rings. The number of hydrogen-bond donors (Lipinski definition) is 0. The molecule has 194 valence electrons. The Labute approximate surface area is 241 Å². The van der Waals surface area contributed by atoms with Gasteiger partial charge in [-0.1, -0.05) is 42.5 Å². The molecule has 0 radical (unpaired) electrons. The van der Waals surface area contributed by atoms with E-state index >= 15 is 0 Å². The van der Waals surface area contributed by atoms with Crippen LogP contribution in [0.3, 0.4) is 0 Å². The van der Waals surface area contributed by atoms with Crippen LogP contribution in [0.25, 0.3) is 22.3 Å². The van der Waals surface area contributed by atoms with Crippen LogP contribution in [0.2, 0.25) is 0 Å². The number of hydrogen-bond acceptors (Lipinski definition) is 4.